The minimum absolute atomic E-state index is 0.000787. The predicted molar refractivity (Wildman–Crippen MR) is 64.4 cm³/mol. The fourth-order valence-corrected chi connectivity index (χ4v) is 1.34. The number of carbonyl (C=O) groups is 1. The smallest absolute Gasteiger partial charge is 0.166 e. The summed E-state index contributed by atoms with van der Waals surface area (Å²) in [5, 5.41) is 0. The fourth-order valence-electron chi connectivity index (χ4n) is 1.34. The van der Waals surface area contributed by atoms with E-state index in [4.69, 9.17) is 10.5 Å². The topological polar surface area (TPSA) is 52.3 Å². The molecule has 3 nitrogen and oxygen atoms in total. The number of nitrogens with two attached hydrogens (primary N) is 1. The van der Waals surface area contributed by atoms with Gasteiger partial charge in [-0.05, 0) is 25.1 Å². The molecule has 0 saturated heterocycles. The molecule has 0 aromatic heterocycles. The number of ketones is 1. The summed E-state index contributed by atoms with van der Waals surface area (Å²) in [5.41, 5.74) is 6.73. The maximum Gasteiger partial charge on any atom is 0.166 e. The summed E-state index contributed by atoms with van der Waals surface area (Å²) >= 11 is 0. The number of hydrogen-bond donors (Lipinski definition) is 1. The zero-order chi connectivity index (χ0) is 12.0. The molecular weight excluding hydrogens is 202 g/mol. The van der Waals surface area contributed by atoms with E-state index < -0.39 is 0 Å². The first kappa shape index (κ1) is 12.1. The molecule has 0 heterocycles. The van der Waals surface area contributed by atoms with Crippen LogP contribution in [-0.2, 0) is 0 Å². The summed E-state index contributed by atoms with van der Waals surface area (Å²) in [6.07, 6.45) is 0.949. The van der Waals surface area contributed by atoms with Crippen LogP contribution in [0.3, 0.4) is 0 Å². The molecule has 0 radical (unpaired) electrons. The van der Waals surface area contributed by atoms with Crippen molar-refractivity contribution in [2.45, 2.75) is 19.8 Å². The lowest BCUT2D eigenvalue weighted by Crippen LogP contribution is -2.03. The van der Waals surface area contributed by atoms with E-state index in [0.29, 0.717) is 29.8 Å². The number of ether oxygens (including phenoxy) is 1. The van der Waals surface area contributed by atoms with E-state index in [1.54, 1.807) is 32.2 Å². The lowest BCUT2D eigenvalue weighted by atomic mass is 10.0. The van der Waals surface area contributed by atoms with Crippen molar-refractivity contribution in [2.24, 2.45) is 0 Å². The van der Waals surface area contributed by atoms with Gasteiger partial charge in [-0.2, -0.15) is 0 Å². The van der Waals surface area contributed by atoms with Crippen molar-refractivity contribution in [3.05, 3.63) is 23.8 Å². The third kappa shape index (κ3) is 3.03. The highest BCUT2D eigenvalue weighted by molar-refractivity contribution is 6.01. The molecule has 0 spiro atoms. The van der Waals surface area contributed by atoms with E-state index in [1.165, 1.54) is 0 Å². The molecule has 0 saturated carbocycles. The molecule has 2 N–H and O–H groups in total. The van der Waals surface area contributed by atoms with E-state index >= 15 is 0 Å². The van der Waals surface area contributed by atoms with Crippen LogP contribution in [-0.4, -0.2) is 12.9 Å². The zero-order valence-corrected chi connectivity index (χ0v) is 9.54. The number of nitrogen functional groups attached to an aromatic ring is 1. The van der Waals surface area contributed by atoms with Crippen molar-refractivity contribution in [2.75, 3.05) is 12.8 Å². The molecule has 0 bridgehead atoms. The van der Waals surface area contributed by atoms with Gasteiger partial charge < -0.3 is 10.5 Å². The number of hydrogen-bond acceptors (Lipinski definition) is 3. The zero-order valence-electron chi connectivity index (χ0n) is 9.54. The number of benzene rings is 1. The molecule has 0 aliphatic carbocycles. The average Bonchev–Trinajstić information content (AvgIpc) is 2.30. The fraction of sp³-hybridized carbons (Fsp3) is 0.308. The molecule has 0 aliphatic rings. The molecule has 1 aromatic carbocycles. The minimum Gasteiger partial charge on any atom is -0.497 e. The molecule has 0 atom stereocenters. The van der Waals surface area contributed by atoms with Crippen LogP contribution in [0.2, 0.25) is 0 Å². The molecule has 3 heteroatoms. The Kier molecular flexibility index (Phi) is 4.41. The lowest BCUT2D eigenvalue weighted by Gasteiger charge is -2.06. The molecular formula is C13H15NO2. The van der Waals surface area contributed by atoms with Crippen LogP contribution in [0.25, 0.3) is 0 Å². The van der Waals surface area contributed by atoms with Crippen molar-refractivity contribution in [1.82, 2.24) is 0 Å². The first-order valence-electron chi connectivity index (χ1n) is 5.05. The largest absolute Gasteiger partial charge is 0.497 e. The van der Waals surface area contributed by atoms with Crippen molar-refractivity contribution >= 4 is 11.5 Å². The maximum absolute atomic E-state index is 11.8. The third-order valence-electron chi connectivity index (χ3n) is 2.21. The Morgan fingerprint density at radius 1 is 1.50 bits per heavy atom. The van der Waals surface area contributed by atoms with Gasteiger partial charge in [0.15, 0.2) is 5.78 Å². The SMILES string of the molecule is CC#CCCC(=O)c1cc(OC)ccc1N. The molecule has 1 aromatic rings. The van der Waals surface area contributed by atoms with Gasteiger partial charge in [-0.15, -0.1) is 11.8 Å². The highest BCUT2D eigenvalue weighted by Gasteiger charge is 2.10. The molecule has 0 aliphatic heterocycles. The van der Waals surface area contributed by atoms with Crippen molar-refractivity contribution in [3.8, 4) is 17.6 Å². The third-order valence-corrected chi connectivity index (χ3v) is 2.21. The quantitative estimate of drug-likeness (QED) is 0.478. The van der Waals surface area contributed by atoms with Gasteiger partial charge in [-0.3, -0.25) is 4.79 Å². The Labute approximate surface area is 95.6 Å². The van der Waals surface area contributed by atoms with Crippen LogP contribution in [0.4, 0.5) is 5.69 Å². The van der Waals surface area contributed by atoms with Gasteiger partial charge in [-0.1, -0.05) is 0 Å². The van der Waals surface area contributed by atoms with Gasteiger partial charge in [0, 0.05) is 24.1 Å². The lowest BCUT2D eigenvalue weighted by molar-refractivity contribution is 0.0985. The van der Waals surface area contributed by atoms with E-state index in [1.807, 2.05) is 0 Å². The van der Waals surface area contributed by atoms with Gasteiger partial charge in [-0.25, -0.2) is 0 Å². The number of Topliss-reactive ketones (excluding diaryl/α,β-unsaturated/α-hetero) is 1. The Bertz CT molecular complexity index is 441. The second kappa shape index (κ2) is 5.82. The standard InChI is InChI=1S/C13H15NO2/c1-3-4-5-6-13(15)11-9-10(16-2)7-8-12(11)14/h7-9H,5-6,14H2,1-2H3. The van der Waals surface area contributed by atoms with Gasteiger partial charge in [0.05, 0.1) is 7.11 Å². The number of anilines is 1. The molecule has 0 amide bonds. The number of carbonyl (C=O) groups excluding carboxylic acids is 1. The molecule has 84 valence electrons. The maximum atomic E-state index is 11.8. The summed E-state index contributed by atoms with van der Waals surface area (Å²) in [6, 6.07) is 5.08. The van der Waals surface area contributed by atoms with Crippen LogP contribution in [0.5, 0.6) is 5.75 Å². The van der Waals surface area contributed by atoms with E-state index in [-0.39, 0.29) is 5.78 Å². The Balaban J connectivity index is 2.83. The van der Waals surface area contributed by atoms with Crippen molar-refractivity contribution in [1.29, 1.82) is 0 Å². The van der Waals surface area contributed by atoms with Crippen molar-refractivity contribution < 1.29 is 9.53 Å². The van der Waals surface area contributed by atoms with Crippen LogP contribution >= 0.6 is 0 Å². The summed E-state index contributed by atoms with van der Waals surface area (Å²) < 4.78 is 5.05. The summed E-state index contributed by atoms with van der Waals surface area (Å²) in [5.74, 6) is 6.24. The van der Waals surface area contributed by atoms with E-state index in [9.17, 15) is 4.79 Å². The van der Waals surface area contributed by atoms with Crippen LogP contribution in [0, 0.1) is 11.8 Å². The Hall–Kier alpha value is -1.95. The average molecular weight is 217 g/mol. The summed E-state index contributed by atoms with van der Waals surface area (Å²) in [6.45, 7) is 1.75. The first-order chi connectivity index (χ1) is 7.69. The predicted octanol–water partition coefficient (Wildman–Crippen LogP) is 2.26. The van der Waals surface area contributed by atoms with Crippen LogP contribution in [0.1, 0.15) is 30.1 Å². The second-order valence-electron chi connectivity index (χ2n) is 3.30. The molecule has 0 unspecified atom stereocenters. The normalized spacial score (nSPS) is 9.12. The van der Waals surface area contributed by atoms with E-state index in [0.717, 1.165) is 0 Å². The van der Waals surface area contributed by atoms with Gasteiger partial charge in [0.25, 0.3) is 0 Å². The van der Waals surface area contributed by atoms with Crippen molar-refractivity contribution in [3.63, 3.8) is 0 Å². The summed E-state index contributed by atoms with van der Waals surface area (Å²) in [7, 11) is 1.56. The Morgan fingerprint density at radius 2 is 2.25 bits per heavy atom. The highest BCUT2D eigenvalue weighted by atomic mass is 16.5. The van der Waals surface area contributed by atoms with E-state index in [2.05, 4.69) is 11.8 Å². The minimum atomic E-state index is -0.000787. The molecule has 16 heavy (non-hydrogen) atoms. The van der Waals surface area contributed by atoms with Crippen LogP contribution in [0.15, 0.2) is 18.2 Å². The van der Waals surface area contributed by atoms with Gasteiger partial charge in [0.2, 0.25) is 0 Å². The Morgan fingerprint density at radius 3 is 2.88 bits per heavy atom. The van der Waals surface area contributed by atoms with Crippen LogP contribution < -0.4 is 10.5 Å². The number of methoxy groups -OCH3 is 1. The molecule has 0 fully saturated rings. The highest BCUT2D eigenvalue weighted by Crippen LogP contribution is 2.21. The monoisotopic (exact) mass is 217 g/mol. The second-order valence-corrected chi connectivity index (χ2v) is 3.30. The molecule has 1 rings (SSSR count). The van der Waals surface area contributed by atoms with Gasteiger partial charge >= 0.3 is 0 Å². The first-order valence-corrected chi connectivity index (χ1v) is 5.05. The summed E-state index contributed by atoms with van der Waals surface area (Å²) in [4.78, 5) is 11.8. The number of rotatable bonds is 4. The van der Waals surface area contributed by atoms with Gasteiger partial charge in [0.1, 0.15) is 5.75 Å².